The molecule has 1 amide bonds. The van der Waals surface area contributed by atoms with Crippen molar-refractivity contribution in [2.45, 2.75) is 51.0 Å². The minimum Gasteiger partial charge on any atom is -0.345 e. The van der Waals surface area contributed by atoms with E-state index in [1.165, 1.54) is 11.3 Å². The molecule has 1 fully saturated rings. The van der Waals surface area contributed by atoms with Crippen LogP contribution in [0.15, 0.2) is 41.3 Å². The fourth-order valence-electron chi connectivity index (χ4n) is 4.12. The van der Waals surface area contributed by atoms with E-state index in [9.17, 15) is 13.2 Å². The topological polar surface area (TPSA) is 84.3 Å². The number of amides is 1. The average Bonchev–Trinajstić information content (AvgIpc) is 3.19. The Labute approximate surface area is 199 Å². The summed E-state index contributed by atoms with van der Waals surface area (Å²) in [4.78, 5) is 20.6. The molecule has 0 atom stereocenters. The first kappa shape index (κ1) is 23.7. The Morgan fingerprint density at radius 1 is 1.09 bits per heavy atom. The van der Waals surface area contributed by atoms with Crippen LogP contribution < -0.4 is 4.72 Å². The maximum Gasteiger partial charge on any atom is 0.265 e. The molecule has 3 heterocycles. The van der Waals surface area contributed by atoms with Gasteiger partial charge in [-0.3, -0.25) is 4.79 Å². The lowest BCUT2D eigenvalue weighted by molar-refractivity contribution is 0.0765. The molecule has 9 heteroatoms. The van der Waals surface area contributed by atoms with E-state index in [2.05, 4.69) is 9.71 Å². The van der Waals surface area contributed by atoms with Crippen LogP contribution in [0.1, 0.15) is 52.3 Å². The number of hydrogen-bond acceptors (Lipinski definition) is 5. The Hall–Kier alpha value is -2.49. The zero-order chi connectivity index (χ0) is 23.6. The zero-order valence-corrected chi connectivity index (χ0v) is 20.9. The minimum atomic E-state index is -3.71. The second-order valence-electron chi connectivity index (χ2n) is 8.49. The van der Waals surface area contributed by atoms with Gasteiger partial charge < -0.3 is 9.47 Å². The molecule has 176 valence electrons. The monoisotopic (exact) mass is 486 g/mol. The summed E-state index contributed by atoms with van der Waals surface area (Å²) in [6, 6.07) is 11.1. The number of likely N-dealkylation sites (tertiary alicyclic amines) is 1. The van der Waals surface area contributed by atoms with Crippen molar-refractivity contribution >= 4 is 27.3 Å². The van der Waals surface area contributed by atoms with Gasteiger partial charge in [-0.15, -0.1) is 11.3 Å². The number of hydrogen-bond donors (Lipinski definition) is 1. The molecule has 2 aromatic heterocycles. The van der Waals surface area contributed by atoms with Crippen molar-refractivity contribution in [1.29, 1.82) is 0 Å². The minimum absolute atomic E-state index is 0.0291. The first-order chi connectivity index (χ1) is 15.8. The van der Waals surface area contributed by atoms with Crippen LogP contribution in [0.25, 0.3) is 10.7 Å². The number of thiazole rings is 1. The molecule has 4 rings (SSSR count). The molecule has 1 N–H and O–H groups in total. The number of aryl methyl sites for hydroxylation is 1. The molecule has 0 spiro atoms. The smallest absolute Gasteiger partial charge is 0.265 e. The summed E-state index contributed by atoms with van der Waals surface area (Å²) in [7, 11) is -1.88. The van der Waals surface area contributed by atoms with Gasteiger partial charge in [0.05, 0.1) is 11.4 Å². The van der Waals surface area contributed by atoms with Crippen LogP contribution in [0.3, 0.4) is 0 Å². The second-order valence-corrected chi connectivity index (χ2v) is 11.2. The number of benzene rings is 1. The van der Waals surface area contributed by atoms with Crippen LogP contribution in [0.2, 0.25) is 0 Å². The number of carbonyl (C=O) groups is 1. The second kappa shape index (κ2) is 9.79. The van der Waals surface area contributed by atoms with E-state index >= 15 is 0 Å². The molecule has 7 nitrogen and oxygen atoms in total. The van der Waals surface area contributed by atoms with Crippen LogP contribution >= 0.6 is 11.3 Å². The van der Waals surface area contributed by atoms with Gasteiger partial charge in [0, 0.05) is 32.4 Å². The van der Waals surface area contributed by atoms with Gasteiger partial charge >= 0.3 is 0 Å². The molecule has 1 aromatic carbocycles. The fraction of sp³-hybridized carbons (Fsp3) is 0.417. The molecule has 0 unspecified atom stereocenters. The summed E-state index contributed by atoms with van der Waals surface area (Å²) in [5.41, 5.74) is 2.89. The summed E-state index contributed by atoms with van der Waals surface area (Å²) >= 11 is 1.34. The highest BCUT2D eigenvalue weighted by Crippen LogP contribution is 2.33. The van der Waals surface area contributed by atoms with E-state index in [-0.39, 0.29) is 17.3 Å². The lowest BCUT2D eigenvalue weighted by atomic mass is 10.2. The Kier molecular flexibility index (Phi) is 7.02. The third kappa shape index (κ3) is 5.05. The Morgan fingerprint density at radius 2 is 1.76 bits per heavy atom. The predicted octanol–water partition coefficient (Wildman–Crippen LogP) is 4.26. The first-order valence-electron chi connectivity index (χ1n) is 11.2. The third-order valence-corrected chi connectivity index (χ3v) is 8.88. The van der Waals surface area contributed by atoms with E-state index in [1.807, 2.05) is 53.8 Å². The third-order valence-electron chi connectivity index (χ3n) is 6.19. The standard InChI is InChI=1S/C24H30N4O3S2/c1-17-22(24(29)28-13-9-4-5-10-14-28)32-23(26-17)20-15-21(18(2)27(20)3)33(30,31)25-16-19-11-7-6-8-12-19/h6-8,11-12,15,25H,4-5,9-10,13-14,16H2,1-3H3. The van der Waals surface area contributed by atoms with Crippen LogP contribution in [0.5, 0.6) is 0 Å². The van der Waals surface area contributed by atoms with E-state index in [1.54, 1.807) is 13.0 Å². The van der Waals surface area contributed by atoms with E-state index < -0.39 is 10.0 Å². The van der Waals surface area contributed by atoms with Gasteiger partial charge in [-0.05, 0) is 38.3 Å². The summed E-state index contributed by atoms with van der Waals surface area (Å²) < 4.78 is 30.6. The Balaban J connectivity index is 1.60. The summed E-state index contributed by atoms with van der Waals surface area (Å²) in [6.07, 6.45) is 4.39. The summed E-state index contributed by atoms with van der Waals surface area (Å²) in [6.45, 7) is 5.41. The van der Waals surface area contributed by atoms with Crippen LogP contribution in [-0.2, 0) is 23.6 Å². The van der Waals surface area contributed by atoms with E-state index in [0.29, 0.717) is 27.0 Å². The molecule has 0 radical (unpaired) electrons. The number of sulfonamides is 1. The molecule has 0 aliphatic carbocycles. The van der Waals surface area contributed by atoms with Crippen molar-refractivity contribution in [2.75, 3.05) is 13.1 Å². The van der Waals surface area contributed by atoms with Gasteiger partial charge in [0.15, 0.2) is 0 Å². The van der Waals surface area contributed by atoms with Crippen molar-refractivity contribution in [3.8, 4) is 10.7 Å². The van der Waals surface area contributed by atoms with Crippen molar-refractivity contribution in [1.82, 2.24) is 19.2 Å². The van der Waals surface area contributed by atoms with Gasteiger partial charge in [0.1, 0.15) is 14.8 Å². The van der Waals surface area contributed by atoms with Gasteiger partial charge in [0.2, 0.25) is 10.0 Å². The Bertz CT molecular complexity index is 1240. The number of rotatable bonds is 6. The largest absolute Gasteiger partial charge is 0.345 e. The molecule has 1 aliphatic rings. The lowest BCUT2D eigenvalue weighted by Crippen LogP contribution is -2.31. The molecule has 1 saturated heterocycles. The SMILES string of the molecule is Cc1nc(-c2cc(S(=O)(=O)NCc3ccccc3)c(C)n2C)sc1C(=O)N1CCCCCC1. The zero-order valence-electron chi connectivity index (χ0n) is 19.3. The van der Waals surface area contributed by atoms with Crippen molar-refractivity contribution in [2.24, 2.45) is 7.05 Å². The molecule has 3 aromatic rings. The predicted molar refractivity (Wildman–Crippen MR) is 131 cm³/mol. The fourth-order valence-corrected chi connectivity index (χ4v) is 6.51. The van der Waals surface area contributed by atoms with E-state index in [4.69, 9.17) is 0 Å². The molecule has 0 saturated carbocycles. The molecule has 1 aliphatic heterocycles. The molecular formula is C24H30N4O3S2. The quantitative estimate of drug-likeness (QED) is 0.564. The summed E-state index contributed by atoms with van der Waals surface area (Å²) in [5, 5.41) is 0.654. The summed E-state index contributed by atoms with van der Waals surface area (Å²) in [5.74, 6) is 0.0291. The van der Waals surface area contributed by atoms with Crippen molar-refractivity contribution in [3.05, 3.63) is 58.2 Å². The maximum atomic E-state index is 13.1. The van der Waals surface area contributed by atoms with E-state index in [0.717, 1.165) is 44.3 Å². The van der Waals surface area contributed by atoms with Crippen LogP contribution in [0.4, 0.5) is 0 Å². The normalized spacial score (nSPS) is 14.9. The average molecular weight is 487 g/mol. The maximum absolute atomic E-state index is 13.1. The van der Waals surface area contributed by atoms with Crippen LogP contribution in [0, 0.1) is 13.8 Å². The first-order valence-corrected chi connectivity index (χ1v) is 13.5. The highest BCUT2D eigenvalue weighted by molar-refractivity contribution is 7.89. The van der Waals surface area contributed by atoms with Gasteiger partial charge in [-0.2, -0.15) is 0 Å². The molecule has 0 bridgehead atoms. The number of nitrogens with one attached hydrogen (secondary N) is 1. The number of aromatic nitrogens is 2. The van der Waals surface area contributed by atoms with Gasteiger partial charge in [0.25, 0.3) is 5.91 Å². The molecular weight excluding hydrogens is 456 g/mol. The van der Waals surface area contributed by atoms with Crippen molar-refractivity contribution in [3.63, 3.8) is 0 Å². The lowest BCUT2D eigenvalue weighted by Gasteiger charge is -2.19. The highest BCUT2D eigenvalue weighted by atomic mass is 32.2. The van der Waals surface area contributed by atoms with Crippen molar-refractivity contribution < 1.29 is 13.2 Å². The Morgan fingerprint density at radius 3 is 2.42 bits per heavy atom. The number of nitrogens with zero attached hydrogens (tertiary/aromatic N) is 3. The van der Waals surface area contributed by atoms with Gasteiger partial charge in [-0.1, -0.05) is 43.2 Å². The van der Waals surface area contributed by atoms with Gasteiger partial charge in [-0.25, -0.2) is 18.1 Å². The van der Waals surface area contributed by atoms with Crippen LogP contribution in [-0.4, -0.2) is 41.9 Å². The highest BCUT2D eigenvalue weighted by Gasteiger charge is 2.26. The number of carbonyl (C=O) groups excluding carboxylic acids is 1. The molecule has 33 heavy (non-hydrogen) atoms.